The third-order valence-corrected chi connectivity index (χ3v) is 3.96. The van der Waals surface area contributed by atoms with Gasteiger partial charge in [0.25, 0.3) is 0 Å². The Morgan fingerprint density at radius 1 is 1.38 bits per heavy atom. The van der Waals surface area contributed by atoms with Crippen LogP contribution in [0.5, 0.6) is 0 Å². The number of carbonyl (C=O) groups is 1. The summed E-state index contributed by atoms with van der Waals surface area (Å²) >= 11 is 0. The maximum atomic E-state index is 13.2. The van der Waals surface area contributed by atoms with Crippen molar-refractivity contribution in [1.29, 1.82) is 0 Å². The zero-order valence-corrected chi connectivity index (χ0v) is 12.3. The van der Waals surface area contributed by atoms with Crippen molar-refractivity contribution in [2.75, 3.05) is 17.2 Å². The fourth-order valence-electron chi connectivity index (χ4n) is 2.79. The van der Waals surface area contributed by atoms with Gasteiger partial charge < -0.3 is 10.6 Å². The lowest BCUT2D eigenvalue weighted by Crippen LogP contribution is -2.40. The Morgan fingerprint density at radius 3 is 2.62 bits per heavy atom. The summed E-state index contributed by atoms with van der Waals surface area (Å²) < 4.78 is 26.4. The van der Waals surface area contributed by atoms with Gasteiger partial charge in [-0.2, -0.15) is 0 Å². The number of hydrogen-bond acceptors (Lipinski definition) is 2. The molecule has 1 aromatic carbocycles. The molecular formula is C16H22F2N2O. The zero-order valence-electron chi connectivity index (χ0n) is 12.3. The van der Waals surface area contributed by atoms with Gasteiger partial charge in [0.2, 0.25) is 11.8 Å². The highest BCUT2D eigenvalue weighted by molar-refractivity contribution is 5.95. The number of carbonyl (C=O) groups excluding carboxylic acids is 1. The standard InChI is InChI=1S/C16H22F2N2O/c1-2-10-20(14-5-3-4-13(19)11-14)15(21)12-6-8-16(17,18)9-7-12/h3-5,11-12H,2,6-10,19H2,1H3. The predicted molar refractivity (Wildman–Crippen MR) is 80.4 cm³/mol. The lowest BCUT2D eigenvalue weighted by molar-refractivity contribution is -0.126. The second-order valence-corrected chi connectivity index (χ2v) is 5.72. The summed E-state index contributed by atoms with van der Waals surface area (Å²) in [5.74, 6) is -2.97. The van der Waals surface area contributed by atoms with Crippen LogP contribution in [0.4, 0.5) is 20.2 Å². The summed E-state index contributed by atoms with van der Waals surface area (Å²) in [6.45, 7) is 2.57. The first-order chi connectivity index (χ1) is 9.93. The summed E-state index contributed by atoms with van der Waals surface area (Å²) in [4.78, 5) is 14.3. The molecule has 1 aliphatic carbocycles. The number of alkyl halides is 2. The molecule has 1 fully saturated rings. The maximum absolute atomic E-state index is 13.2. The average molecular weight is 296 g/mol. The lowest BCUT2D eigenvalue weighted by Gasteiger charge is -2.32. The first kappa shape index (κ1) is 15.7. The molecule has 0 bridgehead atoms. The number of halogens is 2. The zero-order chi connectivity index (χ0) is 15.5. The van der Waals surface area contributed by atoms with Gasteiger partial charge in [-0.1, -0.05) is 13.0 Å². The molecule has 1 saturated carbocycles. The van der Waals surface area contributed by atoms with E-state index >= 15 is 0 Å². The normalized spacial score (nSPS) is 18.4. The number of hydrogen-bond donors (Lipinski definition) is 1. The van der Waals surface area contributed by atoms with E-state index in [-0.39, 0.29) is 37.5 Å². The van der Waals surface area contributed by atoms with E-state index < -0.39 is 5.92 Å². The fraction of sp³-hybridized carbons (Fsp3) is 0.562. The Hall–Kier alpha value is -1.65. The monoisotopic (exact) mass is 296 g/mol. The molecule has 3 nitrogen and oxygen atoms in total. The van der Waals surface area contributed by atoms with E-state index in [9.17, 15) is 13.6 Å². The maximum Gasteiger partial charge on any atom is 0.248 e. The highest BCUT2D eigenvalue weighted by Gasteiger charge is 2.38. The predicted octanol–water partition coefficient (Wildman–Crippen LogP) is 3.84. The van der Waals surface area contributed by atoms with Crippen molar-refractivity contribution in [2.24, 2.45) is 5.92 Å². The Balaban J connectivity index is 2.13. The second kappa shape index (κ2) is 6.41. The molecular weight excluding hydrogens is 274 g/mol. The van der Waals surface area contributed by atoms with Crippen LogP contribution >= 0.6 is 0 Å². The highest BCUT2D eigenvalue weighted by Crippen LogP contribution is 2.37. The van der Waals surface area contributed by atoms with Crippen LogP contribution in [0.15, 0.2) is 24.3 Å². The van der Waals surface area contributed by atoms with Gasteiger partial charge in [0.15, 0.2) is 0 Å². The van der Waals surface area contributed by atoms with Gasteiger partial charge in [-0.15, -0.1) is 0 Å². The van der Waals surface area contributed by atoms with Crippen molar-refractivity contribution < 1.29 is 13.6 Å². The number of anilines is 2. The van der Waals surface area contributed by atoms with Crippen molar-refractivity contribution in [1.82, 2.24) is 0 Å². The third kappa shape index (κ3) is 3.93. The Bertz CT molecular complexity index is 495. The number of nitrogens with two attached hydrogens (primary N) is 1. The second-order valence-electron chi connectivity index (χ2n) is 5.72. The molecule has 1 amide bonds. The first-order valence-corrected chi connectivity index (χ1v) is 7.47. The van der Waals surface area contributed by atoms with E-state index in [1.165, 1.54) is 0 Å². The molecule has 0 radical (unpaired) electrons. The Labute approximate surface area is 124 Å². The van der Waals surface area contributed by atoms with Crippen LogP contribution in [0.1, 0.15) is 39.0 Å². The minimum Gasteiger partial charge on any atom is -0.399 e. The van der Waals surface area contributed by atoms with E-state index in [1.54, 1.807) is 23.1 Å². The van der Waals surface area contributed by atoms with Gasteiger partial charge in [0, 0.05) is 36.7 Å². The summed E-state index contributed by atoms with van der Waals surface area (Å²) in [5.41, 5.74) is 7.11. The minimum atomic E-state index is -2.61. The van der Waals surface area contributed by atoms with Crippen LogP contribution in [0, 0.1) is 5.92 Å². The number of amides is 1. The van der Waals surface area contributed by atoms with Gasteiger partial charge in [0.1, 0.15) is 0 Å². The van der Waals surface area contributed by atoms with Crippen molar-refractivity contribution >= 4 is 17.3 Å². The minimum absolute atomic E-state index is 0.0575. The molecule has 2 N–H and O–H groups in total. The largest absolute Gasteiger partial charge is 0.399 e. The van der Waals surface area contributed by atoms with Crippen molar-refractivity contribution in [2.45, 2.75) is 45.0 Å². The smallest absolute Gasteiger partial charge is 0.248 e. The molecule has 0 heterocycles. The van der Waals surface area contributed by atoms with Crippen LogP contribution in [0.2, 0.25) is 0 Å². The van der Waals surface area contributed by atoms with Crippen LogP contribution in [-0.2, 0) is 4.79 Å². The number of nitrogen functional groups attached to an aromatic ring is 1. The molecule has 5 heteroatoms. The molecule has 1 aromatic rings. The number of nitrogens with zero attached hydrogens (tertiary/aromatic N) is 1. The van der Waals surface area contributed by atoms with E-state index in [4.69, 9.17) is 5.73 Å². The molecule has 1 aliphatic rings. The van der Waals surface area contributed by atoms with Crippen LogP contribution < -0.4 is 10.6 Å². The van der Waals surface area contributed by atoms with E-state index in [2.05, 4.69) is 0 Å². The van der Waals surface area contributed by atoms with Gasteiger partial charge >= 0.3 is 0 Å². The van der Waals surface area contributed by atoms with E-state index in [1.807, 2.05) is 13.0 Å². The molecule has 0 spiro atoms. The quantitative estimate of drug-likeness (QED) is 0.858. The van der Waals surface area contributed by atoms with Gasteiger partial charge in [-0.3, -0.25) is 4.79 Å². The third-order valence-electron chi connectivity index (χ3n) is 3.96. The van der Waals surface area contributed by atoms with Crippen molar-refractivity contribution in [3.63, 3.8) is 0 Å². The number of rotatable bonds is 4. The van der Waals surface area contributed by atoms with Crippen LogP contribution in [-0.4, -0.2) is 18.4 Å². The Kier molecular flexibility index (Phi) is 4.80. The summed E-state index contributed by atoms with van der Waals surface area (Å²) in [6.07, 6.45) is 0.937. The number of benzene rings is 1. The van der Waals surface area contributed by atoms with Crippen molar-refractivity contribution in [3.8, 4) is 0 Å². The van der Waals surface area contributed by atoms with E-state index in [0.717, 1.165) is 12.1 Å². The summed E-state index contributed by atoms with van der Waals surface area (Å²) in [7, 11) is 0. The van der Waals surface area contributed by atoms with Gasteiger partial charge in [-0.05, 0) is 37.5 Å². The lowest BCUT2D eigenvalue weighted by atomic mass is 9.85. The van der Waals surface area contributed by atoms with E-state index in [0.29, 0.717) is 12.2 Å². The molecule has 0 unspecified atom stereocenters. The summed E-state index contributed by atoms with van der Waals surface area (Å²) in [5, 5.41) is 0. The van der Waals surface area contributed by atoms with Gasteiger partial charge in [-0.25, -0.2) is 8.78 Å². The Morgan fingerprint density at radius 2 is 2.05 bits per heavy atom. The molecule has 2 rings (SSSR count). The molecule has 0 aromatic heterocycles. The molecule has 21 heavy (non-hydrogen) atoms. The molecule has 116 valence electrons. The summed E-state index contributed by atoms with van der Waals surface area (Å²) in [6, 6.07) is 7.15. The molecule has 0 atom stereocenters. The SMILES string of the molecule is CCCN(C(=O)C1CCC(F)(F)CC1)c1cccc(N)c1. The molecule has 0 saturated heterocycles. The highest BCUT2D eigenvalue weighted by atomic mass is 19.3. The molecule has 0 aliphatic heterocycles. The van der Waals surface area contributed by atoms with Crippen LogP contribution in [0.3, 0.4) is 0 Å². The first-order valence-electron chi connectivity index (χ1n) is 7.47. The fourth-order valence-corrected chi connectivity index (χ4v) is 2.79. The van der Waals surface area contributed by atoms with Gasteiger partial charge in [0.05, 0.1) is 0 Å². The average Bonchev–Trinajstić information content (AvgIpc) is 2.44. The van der Waals surface area contributed by atoms with Crippen LogP contribution in [0.25, 0.3) is 0 Å². The topological polar surface area (TPSA) is 46.3 Å². The van der Waals surface area contributed by atoms with Crippen molar-refractivity contribution in [3.05, 3.63) is 24.3 Å².